The zero-order valence-electron chi connectivity index (χ0n) is 17.6. The molecule has 4 heterocycles. The van der Waals surface area contributed by atoms with E-state index in [-0.39, 0.29) is 5.91 Å². The van der Waals surface area contributed by atoms with Crippen LogP contribution in [0.15, 0.2) is 16.7 Å². The number of methoxy groups -OCH3 is 1. The lowest BCUT2D eigenvalue weighted by molar-refractivity contribution is -0.115. The summed E-state index contributed by atoms with van der Waals surface area (Å²) in [6.07, 6.45) is 3.57. The van der Waals surface area contributed by atoms with Crippen molar-refractivity contribution in [2.75, 3.05) is 48.9 Å². The SMILES string of the molecule is COc1ncc(-c2nc(N3CCOCC3)nc3c(Br)c(C)sc23)cc1N(SC)C(C)=O. The lowest BCUT2D eigenvalue weighted by atomic mass is 10.1. The van der Waals surface area contributed by atoms with Crippen molar-refractivity contribution in [3.05, 3.63) is 21.6 Å². The molecule has 1 aliphatic rings. The van der Waals surface area contributed by atoms with Crippen molar-refractivity contribution in [3.63, 3.8) is 0 Å². The summed E-state index contributed by atoms with van der Waals surface area (Å²) >= 11 is 6.63. The molecule has 31 heavy (non-hydrogen) atoms. The fourth-order valence-electron chi connectivity index (χ4n) is 3.42. The Balaban J connectivity index is 1.92. The lowest BCUT2D eigenvalue weighted by Crippen LogP contribution is -2.37. The van der Waals surface area contributed by atoms with Crippen molar-refractivity contribution in [1.29, 1.82) is 0 Å². The summed E-state index contributed by atoms with van der Waals surface area (Å²) in [7, 11) is 1.54. The third-order valence-electron chi connectivity index (χ3n) is 4.91. The lowest BCUT2D eigenvalue weighted by Gasteiger charge is -2.27. The Morgan fingerprint density at radius 3 is 2.74 bits per heavy atom. The summed E-state index contributed by atoms with van der Waals surface area (Å²) in [4.78, 5) is 29.7. The number of amides is 1. The van der Waals surface area contributed by atoms with Crippen LogP contribution in [0.4, 0.5) is 11.6 Å². The molecule has 0 aromatic carbocycles. The topological polar surface area (TPSA) is 80.7 Å². The third kappa shape index (κ3) is 4.23. The highest BCUT2D eigenvalue weighted by Gasteiger charge is 2.23. The zero-order chi connectivity index (χ0) is 22.1. The molecule has 0 atom stereocenters. The summed E-state index contributed by atoms with van der Waals surface area (Å²) in [5.41, 5.74) is 3.05. The van der Waals surface area contributed by atoms with Gasteiger partial charge in [0.05, 0.1) is 35.2 Å². The summed E-state index contributed by atoms with van der Waals surface area (Å²) in [5, 5.41) is 0. The van der Waals surface area contributed by atoms with Crippen LogP contribution < -0.4 is 13.9 Å². The molecule has 0 radical (unpaired) electrons. The van der Waals surface area contributed by atoms with Gasteiger partial charge in [0.15, 0.2) is 0 Å². The van der Waals surface area contributed by atoms with Crippen molar-refractivity contribution in [3.8, 4) is 17.1 Å². The number of rotatable bonds is 5. The number of hydrogen-bond acceptors (Lipinski definition) is 9. The van der Waals surface area contributed by atoms with E-state index in [2.05, 4.69) is 32.7 Å². The van der Waals surface area contributed by atoms with Crippen molar-refractivity contribution in [2.45, 2.75) is 13.8 Å². The summed E-state index contributed by atoms with van der Waals surface area (Å²) in [6.45, 7) is 6.34. The predicted molar refractivity (Wildman–Crippen MR) is 129 cm³/mol. The van der Waals surface area contributed by atoms with Crippen LogP contribution in [0, 0.1) is 6.92 Å². The Labute approximate surface area is 197 Å². The van der Waals surface area contributed by atoms with Gasteiger partial charge in [0, 0.05) is 42.9 Å². The van der Waals surface area contributed by atoms with E-state index in [4.69, 9.17) is 19.4 Å². The number of thiophene rings is 1. The van der Waals surface area contributed by atoms with Gasteiger partial charge in [0.25, 0.3) is 0 Å². The molecule has 1 aliphatic heterocycles. The van der Waals surface area contributed by atoms with Gasteiger partial charge >= 0.3 is 0 Å². The monoisotopic (exact) mass is 523 g/mol. The number of fused-ring (bicyclic) bond motifs is 1. The Hall–Kier alpha value is -1.95. The zero-order valence-corrected chi connectivity index (χ0v) is 20.9. The maximum Gasteiger partial charge on any atom is 0.238 e. The summed E-state index contributed by atoms with van der Waals surface area (Å²) in [5.74, 6) is 0.937. The Morgan fingerprint density at radius 1 is 1.35 bits per heavy atom. The quantitative estimate of drug-likeness (QED) is 0.457. The predicted octanol–water partition coefficient (Wildman–Crippen LogP) is 4.30. The molecule has 1 saturated heterocycles. The number of morpholine rings is 1. The highest BCUT2D eigenvalue weighted by Crippen LogP contribution is 2.41. The van der Waals surface area contributed by atoms with E-state index < -0.39 is 0 Å². The van der Waals surface area contributed by atoms with Crippen molar-refractivity contribution >= 4 is 67.0 Å². The van der Waals surface area contributed by atoms with E-state index in [0.29, 0.717) is 30.7 Å². The first-order valence-corrected chi connectivity index (χ1v) is 12.4. The molecule has 0 spiro atoms. The maximum absolute atomic E-state index is 12.2. The first kappa shape index (κ1) is 22.3. The molecule has 0 N–H and O–H groups in total. The second-order valence-electron chi connectivity index (χ2n) is 6.87. The molecule has 11 heteroatoms. The van der Waals surface area contributed by atoms with Crippen LogP contribution in [0.25, 0.3) is 21.5 Å². The van der Waals surface area contributed by atoms with E-state index in [1.165, 1.54) is 18.9 Å². The summed E-state index contributed by atoms with van der Waals surface area (Å²) in [6, 6.07) is 1.90. The number of aromatic nitrogens is 3. The molecule has 0 unspecified atom stereocenters. The maximum atomic E-state index is 12.2. The van der Waals surface area contributed by atoms with Crippen LogP contribution in [-0.2, 0) is 9.53 Å². The molecule has 164 valence electrons. The van der Waals surface area contributed by atoms with Gasteiger partial charge in [0.1, 0.15) is 11.2 Å². The molecule has 8 nitrogen and oxygen atoms in total. The van der Waals surface area contributed by atoms with Crippen LogP contribution in [-0.4, -0.2) is 60.5 Å². The second-order valence-corrected chi connectivity index (χ2v) is 9.62. The van der Waals surface area contributed by atoms with Gasteiger partial charge in [-0.3, -0.25) is 4.79 Å². The number of carbonyl (C=O) groups is 1. The minimum Gasteiger partial charge on any atom is -0.479 e. The van der Waals surface area contributed by atoms with E-state index in [0.717, 1.165) is 43.9 Å². The van der Waals surface area contributed by atoms with Crippen LogP contribution in [0.2, 0.25) is 0 Å². The molecular weight excluding hydrogens is 502 g/mol. The highest BCUT2D eigenvalue weighted by atomic mass is 79.9. The normalized spacial score (nSPS) is 14.2. The Bertz CT molecular complexity index is 1130. The average Bonchev–Trinajstić information content (AvgIpc) is 3.07. The minimum absolute atomic E-state index is 0.110. The number of anilines is 2. The standard InChI is InChI=1S/C20H22BrN5O3S2/c1-11-15(21)17-18(31-11)16(23-20(24-17)25-5-7-29-8-6-25)13-9-14(19(28-3)22-10-13)26(30-4)12(2)27/h9-10H,5-8H2,1-4H3. The second kappa shape index (κ2) is 9.27. The van der Waals surface area contributed by atoms with Crippen LogP contribution >= 0.6 is 39.2 Å². The van der Waals surface area contributed by atoms with Gasteiger partial charge in [-0.1, -0.05) is 0 Å². The van der Waals surface area contributed by atoms with E-state index >= 15 is 0 Å². The number of hydrogen-bond donors (Lipinski definition) is 0. The Kier molecular flexibility index (Phi) is 6.65. The van der Waals surface area contributed by atoms with Gasteiger partial charge in [-0.15, -0.1) is 11.3 Å². The minimum atomic E-state index is -0.110. The molecule has 0 saturated carbocycles. The number of nitrogens with zero attached hydrogens (tertiary/aromatic N) is 5. The fraction of sp³-hybridized carbons (Fsp3) is 0.400. The van der Waals surface area contributed by atoms with Crippen LogP contribution in [0.3, 0.4) is 0 Å². The average molecular weight is 524 g/mol. The number of pyridine rings is 1. The molecule has 0 bridgehead atoms. The molecule has 1 amide bonds. The van der Waals surface area contributed by atoms with Gasteiger partial charge in [-0.05, 0) is 40.9 Å². The first-order valence-electron chi connectivity index (χ1n) is 9.63. The van der Waals surface area contributed by atoms with E-state index in [1.807, 2.05) is 12.3 Å². The van der Waals surface area contributed by atoms with Crippen molar-refractivity contribution in [1.82, 2.24) is 15.0 Å². The van der Waals surface area contributed by atoms with Gasteiger partial charge in [-0.2, -0.15) is 0 Å². The molecule has 0 aliphatic carbocycles. The van der Waals surface area contributed by atoms with E-state index in [9.17, 15) is 4.79 Å². The summed E-state index contributed by atoms with van der Waals surface area (Å²) < 4.78 is 14.4. The van der Waals surface area contributed by atoms with Crippen molar-refractivity contribution in [2.24, 2.45) is 0 Å². The number of ether oxygens (including phenoxy) is 2. The molecular formula is C20H22BrN5O3S2. The smallest absolute Gasteiger partial charge is 0.238 e. The fourth-order valence-corrected chi connectivity index (χ4v) is 5.66. The van der Waals surface area contributed by atoms with Gasteiger partial charge in [-0.25, -0.2) is 19.3 Å². The Morgan fingerprint density at radius 2 is 2.10 bits per heavy atom. The van der Waals surface area contributed by atoms with Crippen molar-refractivity contribution < 1.29 is 14.3 Å². The van der Waals surface area contributed by atoms with Crippen LogP contribution in [0.5, 0.6) is 5.88 Å². The van der Waals surface area contributed by atoms with Gasteiger partial charge < -0.3 is 14.4 Å². The number of carbonyl (C=O) groups excluding carboxylic acids is 1. The molecule has 4 rings (SSSR count). The molecule has 3 aromatic heterocycles. The largest absolute Gasteiger partial charge is 0.479 e. The first-order chi connectivity index (χ1) is 14.9. The molecule has 3 aromatic rings. The van der Waals surface area contributed by atoms with E-state index in [1.54, 1.807) is 28.9 Å². The van der Waals surface area contributed by atoms with Crippen LogP contribution in [0.1, 0.15) is 11.8 Å². The molecule has 1 fully saturated rings. The number of halogens is 1. The van der Waals surface area contributed by atoms with Gasteiger partial charge in [0.2, 0.25) is 17.7 Å². The number of aryl methyl sites for hydroxylation is 1. The third-order valence-corrected chi connectivity index (χ3v) is 8.06. The highest BCUT2D eigenvalue weighted by molar-refractivity contribution is 9.10.